The topological polar surface area (TPSA) is 29.0 Å². The first-order chi connectivity index (χ1) is 10.3. The number of likely N-dealkylation sites (tertiary alicyclic amines) is 1. The van der Waals surface area contributed by atoms with Crippen LogP contribution in [-0.2, 0) is 13.0 Å². The van der Waals surface area contributed by atoms with Gasteiger partial charge in [0, 0.05) is 36.9 Å². The number of hydrogen-bond donors (Lipinski definition) is 0. The van der Waals surface area contributed by atoms with Crippen LogP contribution < -0.4 is 0 Å². The summed E-state index contributed by atoms with van der Waals surface area (Å²) in [6.45, 7) is 5.43. The van der Waals surface area contributed by atoms with Gasteiger partial charge in [-0.05, 0) is 62.4 Å². The first-order valence-corrected chi connectivity index (χ1v) is 7.83. The molecular weight excluding hydrogens is 258 g/mol. The molecule has 0 aromatic carbocycles. The van der Waals surface area contributed by atoms with E-state index in [-0.39, 0.29) is 0 Å². The first kappa shape index (κ1) is 14.2. The summed E-state index contributed by atoms with van der Waals surface area (Å²) in [7, 11) is 0. The summed E-state index contributed by atoms with van der Waals surface area (Å²) < 4.78 is 0. The van der Waals surface area contributed by atoms with Gasteiger partial charge < -0.3 is 0 Å². The van der Waals surface area contributed by atoms with E-state index < -0.39 is 0 Å². The van der Waals surface area contributed by atoms with Gasteiger partial charge in [0.25, 0.3) is 0 Å². The zero-order valence-corrected chi connectivity index (χ0v) is 12.7. The molecule has 1 aliphatic rings. The summed E-state index contributed by atoms with van der Waals surface area (Å²) in [4.78, 5) is 11.4. The lowest BCUT2D eigenvalue weighted by atomic mass is 9.93. The fourth-order valence-corrected chi connectivity index (χ4v) is 3.13. The molecule has 21 heavy (non-hydrogen) atoms. The van der Waals surface area contributed by atoms with Crippen molar-refractivity contribution in [2.75, 3.05) is 13.1 Å². The number of hydrogen-bond acceptors (Lipinski definition) is 3. The Hall–Kier alpha value is -1.74. The Morgan fingerprint density at radius 1 is 1.19 bits per heavy atom. The minimum Gasteiger partial charge on any atom is -0.299 e. The fraction of sp³-hybridized carbons (Fsp3) is 0.444. The van der Waals surface area contributed by atoms with E-state index in [4.69, 9.17) is 0 Å². The van der Waals surface area contributed by atoms with Crippen LogP contribution in [0.3, 0.4) is 0 Å². The summed E-state index contributed by atoms with van der Waals surface area (Å²) in [6.07, 6.45) is 7.62. The van der Waals surface area contributed by atoms with Crippen molar-refractivity contribution in [3.8, 4) is 0 Å². The lowest BCUT2D eigenvalue weighted by Crippen LogP contribution is -2.35. The summed E-state index contributed by atoms with van der Waals surface area (Å²) in [6, 6.07) is 10.5. The van der Waals surface area contributed by atoms with E-state index in [0.717, 1.165) is 24.6 Å². The van der Waals surface area contributed by atoms with E-state index in [9.17, 15) is 0 Å². The SMILES string of the molecule is Cc1ccc(CN2CCC[C@H](Cc3ccccn3)C2)cn1. The van der Waals surface area contributed by atoms with Crippen molar-refractivity contribution in [1.29, 1.82) is 0 Å². The molecule has 1 saturated heterocycles. The minimum absolute atomic E-state index is 0.729. The van der Waals surface area contributed by atoms with E-state index >= 15 is 0 Å². The van der Waals surface area contributed by atoms with Gasteiger partial charge in [0.2, 0.25) is 0 Å². The van der Waals surface area contributed by atoms with Gasteiger partial charge >= 0.3 is 0 Å². The summed E-state index contributed by atoms with van der Waals surface area (Å²) in [5.74, 6) is 0.729. The molecule has 3 rings (SSSR count). The standard InChI is InChI=1S/C18H23N3/c1-15-7-8-17(12-20-15)14-21-10-4-5-16(13-21)11-18-6-2-3-9-19-18/h2-3,6-9,12,16H,4-5,10-11,13-14H2,1H3/t16-/m1/s1. The first-order valence-electron chi connectivity index (χ1n) is 7.83. The summed E-state index contributed by atoms with van der Waals surface area (Å²) in [5, 5.41) is 0. The van der Waals surface area contributed by atoms with Crippen LogP contribution in [0.5, 0.6) is 0 Å². The predicted octanol–water partition coefficient (Wildman–Crippen LogP) is 3.24. The lowest BCUT2D eigenvalue weighted by Gasteiger charge is -2.32. The van der Waals surface area contributed by atoms with E-state index in [1.807, 2.05) is 25.4 Å². The van der Waals surface area contributed by atoms with Crippen molar-refractivity contribution >= 4 is 0 Å². The number of pyridine rings is 2. The largest absolute Gasteiger partial charge is 0.299 e. The van der Waals surface area contributed by atoms with Crippen LogP contribution >= 0.6 is 0 Å². The second-order valence-electron chi connectivity index (χ2n) is 6.08. The molecule has 0 aliphatic carbocycles. The van der Waals surface area contributed by atoms with Crippen LogP contribution in [0, 0.1) is 12.8 Å². The molecule has 3 nitrogen and oxygen atoms in total. The summed E-state index contributed by atoms with van der Waals surface area (Å²) in [5.41, 5.74) is 3.63. The van der Waals surface area contributed by atoms with Crippen molar-refractivity contribution in [3.05, 3.63) is 59.7 Å². The zero-order valence-electron chi connectivity index (χ0n) is 12.7. The molecule has 0 spiro atoms. The third-order valence-corrected chi connectivity index (χ3v) is 4.21. The van der Waals surface area contributed by atoms with Crippen LogP contribution in [0.25, 0.3) is 0 Å². The molecule has 0 N–H and O–H groups in total. The monoisotopic (exact) mass is 281 g/mol. The van der Waals surface area contributed by atoms with Crippen molar-refractivity contribution < 1.29 is 0 Å². The maximum atomic E-state index is 4.46. The zero-order chi connectivity index (χ0) is 14.5. The van der Waals surface area contributed by atoms with Gasteiger partial charge in [-0.15, -0.1) is 0 Å². The Morgan fingerprint density at radius 3 is 2.90 bits per heavy atom. The normalized spacial score (nSPS) is 19.6. The molecule has 0 unspecified atom stereocenters. The van der Waals surface area contributed by atoms with Gasteiger partial charge in [-0.25, -0.2) is 0 Å². The summed E-state index contributed by atoms with van der Waals surface area (Å²) >= 11 is 0. The third kappa shape index (κ3) is 4.11. The van der Waals surface area contributed by atoms with Crippen molar-refractivity contribution in [1.82, 2.24) is 14.9 Å². The van der Waals surface area contributed by atoms with E-state index in [1.54, 1.807) is 0 Å². The Labute approximate surface area is 127 Å². The van der Waals surface area contributed by atoms with Crippen molar-refractivity contribution in [3.63, 3.8) is 0 Å². The van der Waals surface area contributed by atoms with Crippen LogP contribution in [0.4, 0.5) is 0 Å². The number of aryl methyl sites for hydroxylation is 1. The highest BCUT2D eigenvalue weighted by atomic mass is 15.1. The van der Waals surface area contributed by atoms with Gasteiger partial charge in [0.1, 0.15) is 0 Å². The molecular formula is C18H23N3. The molecule has 110 valence electrons. The molecule has 1 aliphatic heterocycles. The molecule has 2 aromatic rings. The highest BCUT2D eigenvalue weighted by Crippen LogP contribution is 2.21. The molecule has 1 atom stereocenters. The molecule has 0 saturated carbocycles. The van der Waals surface area contributed by atoms with E-state index in [2.05, 4.69) is 39.1 Å². The van der Waals surface area contributed by atoms with Gasteiger partial charge in [-0.1, -0.05) is 12.1 Å². The van der Waals surface area contributed by atoms with Gasteiger partial charge in [0.05, 0.1) is 0 Å². The highest BCUT2D eigenvalue weighted by molar-refractivity contribution is 5.13. The van der Waals surface area contributed by atoms with Gasteiger partial charge in [-0.2, -0.15) is 0 Å². The van der Waals surface area contributed by atoms with Crippen LogP contribution in [0.2, 0.25) is 0 Å². The molecule has 0 radical (unpaired) electrons. The van der Waals surface area contributed by atoms with Gasteiger partial charge in [0.15, 0.2) is 0 Å². The second kappa shape index (κ2) is 6.81. The van der Waals surface area contributed by atoms with Gasteiger partial charge in [-0.3, -0.25) is 14.9 Å². The van der Waals surface area contributed by atoms with Crippen molar-refractivity contribution in [2.45, 2.75) is 32.7 Å². The molecule has 0 amide bonds. The Bertz CT molecular complexity index is 550. The quantitative estimate of drug-likeness (QED) is 0.861. The van der Waals surface area contributed by atoms with Crippen molar-refractivity contribution in [2.24, 2.45) is 5.92 Å². The molecule has 3 heterocycles. The fourth-order valence-electron chi connectivity index (χ4n) is 3.13. The molecule has 3 heteroatoms. The second-order valence-corrected chi connectivity index (χ2v) is 6.08. The number of nitrogens with zero attached hydrogens (tertiary/aromatic N) is 3. The highest BCUT2D eigenvalue weighted by Gasteiger charge is 2.20. The smallest absolute Gasteiger partial charge is 0.0406 e. The molecule has 2 aromatic heterocycles. The van der Waals surface area contributed by atoms with Crippen LogP contribution in [0.1, 0.15) is 29.8 Å². The Morgan fingerprint density at radius 2 is 2.14 bits per heavy atom. The van der Waals surface area contributed by atoms with E-state index in [0.29, 0.717) is 0 Å². The number of piperidine rings is 1. The number of rotatable bonds is 4. The average molecular weight is 281 g/mol. The lowest BCUT2D eigenvalue weighted by molar-refractivity contribution is 0.166. The number of aromatic nitrogens is 2. The third-order valence-electron chi connectivity index (χ3n) is 4.21. The maximum Gasteiger partial charge on any atom is 0.0406 e. The maximum absolute atomic E-state index is 4.46. The Balaban J connectivity index is 1.57. The molecule has 0 bridgehead atoms. The van der Waals surface area contributed by atoms with Crippen LogP contribution in [0.15, 0.2) is 42.7 Å². The average Bonchev–Trinajstić information content (AvgIpc) is 2.51. The predicted molar refractivity (Wildman–Crippen MR) is 84.9 cm³/mol. The van der Waals surface area contributed by atoms with E-state index in [1.165, 1.54) is 37.2 Å². The molecule has 1 fully saturated rings. The Kier molecular flexibility index (Phi) is 4.61. The minimum atomic E-state index is 0.729. The van der Waals surface area contributed by atoms with Crippen LogP contribution in [-0.4, -0.2) is 28.0 Å².